The Labute approximate surface area is 129 Å². The van der Waals surface area contributed by atoms with E-state index in [0.29, 0.717) is 0 Å². The summed E-state index contributed by atoms with van der Waals surface area (Å²) >= 11 is -2.37. The van der Waals surface area contributed by atoms with Crippen molar-refractivity contribution in [2.45, 2.75) is 72.6 Å². The molecule has 0 saturated heterocycles. The minimum absolute atomic E-state index is 0.296. The van der Waals surface area contributed by atoms with Crippen molar-refractivity contribution in [2.75, 3.05) is 6.16 Å². The van der Waals surface area contributed by atoms with Crippen LogP contribution in [-0.2, 0) is 4.57 Å². The average Bonchev–Trinajstić information content (AvgIpc) is 2.38. The van der Waals surface area contributed by atoms with Gasteiger partial charge in [0.2, 0.25) is 0 Å². The van der Waals surface area contributed by atoms with Crippen LogP contribution in [0.1, 0.15) is 59.3 Å². The van der Waals surface area contributed by atoms with Gasteiger partial charge in [-0.25, -0.2) is 0 Å². The zero-order chi connectivity index (χ0) is 15.5. The molecule has 0 aromatic heterocycles. The monoisotopic (exact) mass is 410 g/mol. The number of allylic oxidation sites excluding steroid dienone is 1. The quantitative estimate of drug-likeness (QED) is 0.364. The summed E-state index contributed by atoms with van der Waals surface area (Å²) in [6.45, 7) is 6.64. The molecule has 0 rings (SSSR count). The Hall–Kier alpha value is 0.689. The Morgan fingerprint density at radius 3 is 1.60 bits per heavy atom. The predicted molar refractivity (Wildman–Crippen MR) is 86.5 cm³/mol. The second kappa shape index (κ2) is 11.3. The van der Waals surface area contributed by atoms with Crippen LogP contribution in [0, 0.1) is 0 Å². The van der Waals surface area contributed by atoms with Gasteiger partial charge in [0.05, 0.1) is 0 Å². The Bertz CT molecular complexity index is 290. The van der Waals surface area contributed by atoms with Crippen LogP contribution < -0.4 is 9.79 Å². The van der Waals surface area contributed by atoms with Gasteiger partial charge < -0.3 is 0 Å². The summed E-state index contributed by atoms with van der Waals surface area (Å²) in [7, 11) is -4.38. The van der Waals surface area contributed by atoms with Crippen molar-refractivity contribution in [1.29, 1.82) is 0 Å². The molecule has 0 radical (unpaired) electrons. The Balaban J connectivity index is 4.87. The van der Waals surface area contributed by atoms with Crippen LogP contribution in [0.3, 0.4) is 0 Å². The second-order valence-corrected chi connectivity index (χ2v) is 20.5. The Morgan fingerprint density at radius 2 is 1.30 bits per heavy atom. The van der Waals surface area contributed by atoms with E-state index in [2.05, 4.69) is 24.9 Å². The molecule has 3 nitrogen and oxygen atoms in total. The molecule has 20 heavy (non-hydrogen) atoms. The van der Waals surface area contributed by atoms with E-state index in [1.54, 1.807) is 6.08 Å². The van der Waals surface area contributed by atoms with E-state index in [-0.39, 0.29) is 6.16 Å². The van der Waals surface area contributed by atoms with Crippen molar-refractivity contribution in [3.05, 3.63) is 10.2 Å². The van der Waals surface area contributed by atoms with Crippen LogP contribution in [0.5, 0.6) is 0 Å². The van der Waals surface area contributed by atoms with E-state index in [1.165, 1.54) is 51.8 Å². The minimum atomic E-state index is -4.38. The first-order valence-electron chi connectivity index (χ1n) is 8.08. The first-order chi connectivity index (χ1) is 9.39. The summed E-state index contributed by atoms with van der Waals surface area (Å²) in [5.41, 5.74) is 0. The van der Waals surface area contributed by atoms with Crippen LogP contribution >= 0.6 is 7.60 Å². The van der Waals surface area contributed by atoms with E-state index < -0.39 is 26.0 Å². The van der Waals surface area contributed by atoms with E-state index >= 15 is 0 Å². The van der Waals surface area contributed by atoms with Gasteiger partial charge in [-0.15, -0.1) is 0 Å². The third kappa shape index (κ3) is 10.4. The van der Waals surface area contributed by atoms with E-state index in [0.717, 1.165) is 0 Å². The molecule has 0 heterocycles. The van der Waals surface area contributed by atoms with Gasteiger partial charge in [0.15, 0.2) is 0 Å². The molecular weight excluding hydrogens is 378 g/mol. The van der Waals surface area contributed by atoms with Gasteiger partial charge in [0, 0.05) is 0 Å². The average molecular weight is 409 g/mol. The van der Waals surface area contributed by atoms with Crippen molar-refractivity contribution >= 4 is 26.0 Å². The van der Waals surface area contributed by atoms with Gasteiger partial charge in [0.25, 0.3) is 0 Å². The molecule has 0 atom stereocenters. The summed E-state index contributed by atoms with van der Waals surface area (Å²) in [5, 5.41) is 0. The second-order valence-electron chi connectivity index (χ2n) is 5.87. The van der Waals surface area contributed by atoms with Crippen molar-refractivity contribution < 1.29 is 14.4 Å². The molecule has 0 aliphatic rings. The van der Waals surface area contributed by atoms with Gasteiger partial charge in [-0.05, 0) is 0 Å². The maximum atomic E-state index is 10.8. The van der Waals surface area contributed by atoms with Crippen LogP contribution in [-0.4, -0.2) is 24.5 Å². The van der Waals surface area contributed by atoms with Crippen molar-refractivity contribution in [3.63, 3.8) is 0 Å². The predicted octanol–water partition coefficient (Wildman–Crippen LogP) is 3.84. The molecule has 0 aromatic carbocycles. The van der Waals surface area contributed by atoms with Gasteiger partial charge in [-0.2, -0.15) is 0 Å². The third-order valence-corrected chi connectivity index (χ3v) is 18.8. The molecule has 0 bridgehead atoms. The first kappa shape index (κ1) is 20.7. The molecule has 0 aliphatic heterocycles. The van der Waals surface area contributed by atoms with Crippen molar-refractivity contribution in [3.8, 4) is 0 Å². The zero-order valence-electron chi connectivity index (χ0n) is 13.4. The van der Waals surface area contributed by atoms with Crippen LogP contribution in [0.2, 0.25) is 13.3 Å². The topological polar surface area (TPSA) is 63.2 Å². The van der Waals surface area contributed by atoms with Gasteiger partial charge in [0.1, 0.15) is 0 Å². The standard InChI is InChI=1S/3C4H9.C3H6O3P.Sn/c3*1-3-4-2;1-2-3-7(4,5)6;/h3*1,3-4H2,2H3;1-2H,3H2,(H2,4,5,6);/p-2. The first-order valence-corrected chi connectivity index (χ1v) is 17.5. The van der Waals surface area contributed by atoms with Crippen molar-refractivity contribution in [1.82, 2.24) is 0 Å². The van der Waals surface area contributed by atoms with Crippen LogP contribution in [0.4, 0.5) is 0 Å². The number of unbranched alkanes of at least 4 members (excludes halogenated alkanes) is 3. The van der Waals surface area contributed by atoms with Crippen molar-refractivity contribution in [2.24, 2.45) is 0 Å². The van der Waals surface area contributed by atoms with E-state index in [1.807, 2.05) is 0 Å². The zero-order valence-corrected chi connectivity index (χ0v) is 17.1. The van der Waals surface area contributed by atoms with Crippen LogP contribution in [0.15, 0.2) is 10.2 Å². The summed E-state index contributed by atoms with van der Waals surface area (Å²) in [6, 6.07) is 0. The summed E-state index contributed by atoms with van der Waals surface area (Å²) in [5.74, 6) is 0. The fourth-order valence-corrected chi connectivity index (χ4v) is 18.0. The molecule has 5 heteroatoms. The van der Waals surface area contributed by atoms with Crippen LogP contribution in [0.25, 0.3) is 0 Å². The summed E-state index contributed by atoms with van der Waals surface area (Å²) in [4.78, 5) is 21.6. The Kier molecular flexibility index (Phi) is 11.7. The van der Waals surface area contributed by atoms with Gasteiger partial charge in [-0.1, -0.05) is 0 Å². The molecule has 0 fully saturated rings. The normalized spacial score (nSPS) is 13.2. The molecule has 0 N–H and O–H groups in total. The third-order valence-electron chi connectivity index (χ3n) is 3.89. The van der Waals surface area contributed by atoms with E-state index in [4.69, 9.17) is 0 Å². The fraction of sp³-hybridized carbons (Fsp3) is 0.867. The molecule has 120 valence electrons. The summed E-state index contributed by atoms with van der Waals surface area (Å²) < 4.78 is 17.0. The Morgan fingerprint density at radius 1 is 0.900 bits per heavy atom. The molecule has 0 saturated carbocycles. The molecular formula is C15H31O3PSn-2. The van der Waals surface area contributed by atoms with E-state index in [9.17, 15) is 14.4 Å². The number of rotatable bonds is 12. The molecule has 0 unspecified atom stereocenters. The number of hydrogen-bond acceptors (Lipinski definition) is 3. The summed E-state index contributed by atoms with van der Waals surface area (Å²) in [6.07, 6.45) is 8.75. The van der Waals surface area contributed by atoms with Gasteiger partial charge >= 0.3 is 129 Å². The number of hydrogen-bond donors (Lipinski definition) is 0. The molecule has 0 amide bonds. The molecule has 0 aromatic rings. The molecule has 0 spiro atoms. The maximum absolute atomic E-state index is 10.8. The fourth-order valence-electron chi connectivity index (χ4n) is 2.64. The SMILES string of the molecule is CCC[CH2][Sn](/[CH]=C/CP(=O)([O-])[O-])([CH2]CCC)[CH2]CCC. The van der Waals surface area contributed by atoms with Gasteiger partial charge in [-0.3, -0.25) is 0 Å². The molecule has 0 aliphatic carbocycles.